The van der Waals surface area contributed by atoms with Crippen molar-refractivity contribution in [3.05, 3.63) is 58.4 Å². The van der Waals surface area contributed by atoms with E-state index in [0.29, 0.717) is 23.3 Å². The van der Waals surface area contributed by atoms with Crippen LogP contribution in [0, 0.1) is 0 Å². The number of nitrogens with two attached hydrogens (primary N) is 1. The number of ether oxygens (including phenoxy) is 2. The number of rotatable bonds is 8. The summed E-state index contributed by atoms with van der Waals surface area (Å²) in [5, 5.41) is 15.3. The third-order valence-electron chi connectivity index (χ3n) is 5.70. The Hall–Kier alpha value is -2.29. The second kappa shape index (κ2) is 12.8. The molecule has 0 atom stereocenters. The minimum atomic E-state index is -0.447. The van der Waals surface area contributed by atoms with Gasteiger partial charge in [0.2, 0.25) is 0 Å². The van der Waals surface area contributed by atoms with Gasteiger partial charge in [-0.15, -0.1) is 24.8 Å². The first kappa shape index (κ1) is 27.0. The molecule has 9 heteroatoms. The van der Waals surface area contributed by atoms with Crippen LogP contribution in [0.2, 0.25) is 0 Å². The summed E-state index contributed by atoms with van der Waals surface area (Å²) in [4.78, 5) is 15.1. The molecule has 33 heavy (non-hydrogen) atoms. The first-order valence-electron chi connectivity index (χ1n) is 10.7. The highest BCUT2D eigenvalue weighted by Crippen LogP contribution is 2.28. The van der Waals surface area contributed by atoms with Crippen molar-refractivity contribution >= 4 is 35.8 Å². The Balaban J connectivity index is 0.00000193. The lowest BCUT2D eigenvalue weighted by Crippen LogP contribution is -2.82. The fourth-order valence-electron chi connectivity index (χ4n) is 3.92. The highest BCUT2D eigenvalue weighted by Gasteiger charge is 2.13. The monoisotopic (exact) mass is 496 g/mol. The van der Waals surface area contributed by atoms with E-state index in [1.165, 1.54) is 0 Å². The molecule has 1 saturated heterocycles. The number of morpholine rings is 1. The minimum Gasteiger partial charge on any atom is -0.872 e. The molecule has 2 heterocycles. The van der Waals surface area contributed by atoms with E-state index in [2.05, 4.69) is 10.2 Å². The van der Waals surface area contributed by atoms with Gasteiger partial charge in [0.25, 0.3) is 0 Å². The van der Waals surface area contributed by atoms with E-state index in [1.807, 2.05) is 12.1 Å². The number of hydrogen-bond donors (Lipinski definition) is 1. The number of benzene rings is 2. The summed E-state index contributed by atoms with van der Waals surface area (Å²) in [5.74, 6) is 0.619. The zero-order chi connectivity index (χ0) is 21.6. The molecule has 2 aromatic carbocycles. The van der Waals surface area contributed by atoms with Crippen LogP contribution in [0.3, 0.4) is 0 Å². The van der Waals surface area contributed by atoms with Crippen molar-refractivity contribution in [2.45, 2.75) is 13.0 Å². The van der Waals surface area contributed by atoms with Crippen LogP contribution in [0.5, 0.6) is 11.5 Å². The van der Waals surface area contributed by atoms with Crippen molar-refractivity contribution in [2.24, 2.45) is 0 Å². The highest BCUT2D eigenvalue weighted by atomic mass is 35.5. The molecule has 0 radical (unpaired) electrons. The molecule has 0 aliphatic carbocycles. The normalized spacial score (nSPS) is 13.8. The van der Waals surface area contributed by atoms with Gasteiger partial charge in [0.05, 0.1) is 32.4 Å². The van der Waals surface area contributed by atoms with E-state index < -0.39 is 5.63 Å². The summed E-state index contributed by atoms with van der Waals surface area (Å²) >= 11 is 0. The van der Waals surface area contributed by atoms with Gasteiger partial charge in [-0.2, -0.15) is 0 Å². The summed E-state index contributed by atoms with van der Waals surface area (Å²) < 4.78 is 16.2. The van der Waals surface area contributed by atoms with E-state index in [-0.39, 0.29) is 30.6 Å². The van der Waals surface area contributed by atoms with Crippen molar-refractivity contribution in [2.75, 3.05) is 46.5 Å². The Morgan fingerprint density at radius 1 is 1.09 bits per heavy atom. The molecule has 2 N–H and O–H groups in total. The van der Waals surface area contributed by atoms with Crippen LogP contribution in [-0.2, 0) is 11.3 Å². The first-order chi connectivity index (χ1) is 15.2. The third-order valence-corrected chi connectivity index (χ3v) is 5.70. The van der Waals surface area contributed by atoms with E-state index in [4.69, 9.17) is 13.9 Å². The van der Waals surface area contributed by atoms with Gasteiger partial charge < -0.3 is 24.3 Å². The fourth-order valence-corrected chi connectivity index (χ4v) is 3.92. The van der Waals surface area contributed by atoms with Crippen molar-refractivity contribution < 1.29 is 24.3 Å². The molecular formula is C24H30Cl2N2O5. The van der Waals surface area contributed by atoms with Crippen molar-refractivity contribution in [3.63, 3.8) is 0 Å². The van der Waals surface area contributed by atoms with Crippen molar-refractivity contribution in [1.82, 2.24) is 4.90 Å². The van der Waals surface area contributed by atoms with Gasteiger partial charge in [0.1, 0.15) is 17.9 Å². The predicted molar refractivity (Wildman–Crippen MR) is 131 cm³/mol. The van der Waals surface area contributed by atoms with E-state index in [0.717, 1.165) is 62.5 Å². The van der Waals surface area contributed by atoms with Gasteiger partial charge in [-0.05, 0) is 23.8 Å². The van der Waals surface area contributed by atoms with E-state index >= 15 is 0 Å². The zero-order valence-electron chi connectivity index (χ0n) is 18.6. The Bertz CT molecular complexity index is 1080. The molecule has 0 spiro atoms. The molecule has 1 aromatic heterocycles. The van der Waals surface area contributed by atoms with Crippen LogP contribution in [0.25, 0.3) is 22.1 Å². The molecule has 0 unspecified atom stereocenters. The van der Waals surface area contributed by atoms with Gasteiger partial charge >= 0.3 is 5.63 Å². The zero-order valence-corrected chi connectivity index (χ0v) is 20.2. The molecule has 4 rings (SSSR count). The Kier molecular flexibility index (Phi) is 10.5. The predicted octanol–water partition coefficient (Wildman–Crippen LogP) is 2.17. The smallest absolute Gasteiger partial charge is 0.344 e. The second-order valence-corrected chi connectivity index (χ2v) is 7.73. The Morgan fingerprint density at radius 2 is 1.82 bits per heavy atom. The van der Waals surface area contributed by atoms with E-state index in [9.17, 15) is 9.90 Å². The molecule has 0 amide bonds. The van der Waals surface area contributed by atoms with Crippen LogP contribution < -0.4 is 20.8 Å². The van der Waals surface area contributed by atoms with Crippen LogP contribution in [0.4, 0.5) is 0 Å². The van der Waals surface area contributed by atoms with Crippen LogP contribution in [0.1, 0.15) is 12.0 Å². The molecule has 1 fully saturated rings. The Morgan fingerprint density at radius 3 is 2.52 bits per heavy atom. The van der Waals surface area contributed by atoms with E-state index in [1.54, 1.807) is 37.4 Å². The number of hydrogen-bond acceptors (Lipinski definition) is 6. The summed E-state index contributed by atoms with van der Waals surface area (Å²) in [6.45, 7) is 5.99. The molecule has 1 aliphatic rings. The van der Waals surface area contributed by atoms with Gasteiger partial charge in [0.15, 0.2) is 0 Å². The molecule has 7 nitrogen and oxygen atoms in total. The largest absolute Gasteiger partial charge is 0.872 e. The molecule has 3 aromatic rings. The molecule has 1 aliphatic heterocycles. The quantitative estimate of drug-likeness (QED) is 0.379. The average molecular weight is 497 g/mol. The van der Waals surface area contributed by atoms with Crippen molar-refractivity contribution in [1.29, 1.82) is 0 Å². The summed E-state index contributed by atoms with van der Waals surface area (Å²) in [6.07, 6.45) is 1.03. The Labute approximate surface area is 205 Å². The summed E-state index contributed by atoms with van der Waals surface area (Å²) in [6, 6.07) is 12.3. The summed E-state index contributed by atoms with van der Waals surface area (Å²) in [5.41, 5.74) is 1.70. The number of fused-ring (bicyclic) bond motifs is 1. The molecule has 180 valence electrons. The topological polar surface area (TPSA) is 91.6 Å². The number of halogens is 2. The first-order valence-corrected chi connectivity index (χ1v) is 10.7. The maximum atomic E-state index is 12.7. The van der Waals surface area contributed by atoms with Crippen LogP contribution >= 0.6 is 24.8 Å². The van der Waals surface area contributed by atoms with Gasteiger partial charge in [-0.1, -0.05) is 30.0 Å². The SMILES string of the molecule is COc1ccc(-c2cc3ccc([O-])c(C[NH2+]CCCN4CCOCC4)c3oc2=O)cc1.Cl.Cl. The maximum absolute atomic E-state index is 12.7. The lowest BCUT2D eigenvalue weighted by molar-refractivity contribution is -0.671. The maximum Gasteiger partial charge on any atom is 0.344 e. The molecule has 0 saturated carbocycles. The number of quaternary nitrogens is 1. The number of methoxy groups -OCH3 is 1. The fraction of sp³-hybridized carbons (Fsp3) is 0.375. The highest BCUT2D eigenvalue weighted by molar-refractivity contribution is 5.86. The molecule has 0 bridgehead atoms. The van der Waals surface area contributed by atoms with Crippen molar-refractivity contribution in [3.8, 4) is 22.6 Å². The van der Waals surface area contributed by atoms with Gasteiger partial charge in [-0.25, -0.2) is 4.79 Å². The van der Waals surface area contributed by atoms with Crippen LogP contribution in [0.15, 0.2) is 51.7 Å². The second-order valence-electron chi connectivity index (χ2n) is 7.73. The van der Waals surface area contributed by atoms with Crippen LogP contribution in [-0.4, -0.2) is 51.4 Å². The van der Waals surface area contributed by atoms with Gasteiger partial charge in [0, 0.05) is 37.0 Å². The standard InChI is InChI=1S/C24H28N2O5.2ClH/c1-29-19-6-3-17(4-7-19)20-15-18-5-8-22(27)21(23(18)31-24(20)28)16-25-9-2-10-26-11-13-30-14-12-26;;/h3-8,15,25,27H,2,9-14,16H2,1H3;2*1H. The lowest BCUT2D eigenvalue weighted by Gasteiger charge is -2.26. The van der Waals surface area contributed by atoms with Gasteiger partial charge in [-0.3, -0.25) is 4.90 Å². The average Bonchev–Trinajstić information content (AvgIpc) is 2.80. The lowest BCUT2D eigenvalue weighted by atomic mass is 10.0. The molecular weight excluding hydrogens is 467 g/mol. The summed E-state index contributed by atoms with van der Waals surface area (Å²) in [7, 11) is 1.60. The minimum absolute atomic E-state index is 0. The third kappa shape index (κ3) is 6.62. The number of nitrogens with zero attached hydrogens (tertiary/aromatic N) is 1.